The number of hydrogen-bond acceptors (Lipinski definition) is 6. The molecule has 1 unspecified atom stereocenters. The van der Waals surface area contributed by atoms with Crippen molar-refractivity contribution in [2.45, 2.75) is 13.0 Å². The number of aromatic nitrogens is 1. The molecule has 2 amide bonds. The maximum atomic E-state index is 13.1. The maximum Gasteiger partial charge on any atom is 0.255 e. The van der Waals surface area contributed by atoms with Gasteiger partial charge in [-0.3, -0.25) is 14.6 Å². The molecule has 2 N–H and O–H groups in total. The number of likely N-dealkylation sites (N-methyl/N-ethyl adjacent to an activating group) is 1. The number of amides is 2. The van der Waals surface area contributed by atoms with Gasteiger partial charge in [0.25, 0.3) is 5.91 Å². The average molecular weight is 431 g/mol. The van der Waals surface area contributed by atoms with Crippen LogP contribution in [0.3, 0.4) is 0 Å². The van der Waals surface area contributed by atoms with Gasteiger partial charge in [0.1, 0.15) is 6.04 Å². The van der Waals surface area contributed by atoms with Crippen LogP contribution in [0.4, 0.5) is 22.7 Å². The molecule has 5 rings (SSSR count). The molecule has 2 aromatic carbocycles. The molecular weight excluding hydrogens is 406 g/mol. The number of pyridine rings is 1. The van der Waals surface area contributed by atoms with Crippen molar-refractivity contribution >= 4 is 45.3 Å². The molecule has 32 heavy (non-hydrogen) atoms. The molecule has 0 bridgehead atoms. The number of carbonyl (C=O) groups excluding carboxylic acids is 2. The summed E-state index contributed by atoms with van der Waals surface area (Å²) in [6.45, 7) is 4.91. The number of rotatable bonds is 3. The molecule has 1 fully saturated rings. The Hall–Kier alpha value is -3.65. The van der Waals surface area contributed by atoms with E-state index in [1.54, 1.807) is 24.5 Å². The van der Waals surface area contributed by atoms with Crippen LogP contribution in [0, 0.1) is 0 Å². The largest absolute Gasteiger partial charge is 0.378 e. The summed E-state index contributed by atoms with van der Waals surface area (Å²) in [4.78, 5) is 33.7. The molecule has 1 saturated heterocycles. The highest BCUT2D eigenvalue weighted by atomic mass is 16.5. The summed E-state index contributed by atoms with van der Waals surface area (Å²) in [7, 11) is 1.87. The number of benzene rings is 2. The van der Waals surface area contributed by atoms with Crippen molar-refractivity contribution in [1.29, 1.82) is 0 Å². The summed E-state index contributed by atoms with van der Waals surface area (Å²) >= 11 is 0. The van der Waals surface area contributed by atoms with E-state index in [9.17, 15) is 9.59 Å². The minimum absolute atomic E-state index is 0.0895. The summed E-state index contributed by atoms with van der Waals surface area (Å²) < 4.78 is 5.48. The smallest absolute Gasteiger partial charge is 0.255 e. The van der Waals surface area contributed by atoms with Crippen LogP contribution in [0.5, 0.6) is 0 Å². The van der Waals surface area contributed by atoms with Gasteiger partial charge in [-0.1, -0.05) is 0 Å². The molecule has 2 aliphatic rings. The molecule has 0 spiro atoms. The highest BCUT2D eigenvalue weighted by molar-refractivity contribution is 6.12. The molecule has 3 heterocycles. The summed E-state index contributed by atoms with van der Waals surface area (Å²) in [6.07, 6.45) is 3.54. The summed E-state index contributed by atoms with van der Waals surface area (Å²) in [5, 5.41) is 7.82. The number of anilines is 4. The van der Waals surface area contributed by atoms with Gasteiger partial charge in [0, 0.05) is 54.6 Å². The van der Waals surface area contributed by atoms with Crippen LogP contribution in [0.2, 0.25) is 0 Å². The van der Waals surface area contributed by atoms with E-state index in [1.165, 1.54) is 0 Å². The topological polar surface area (TPSA) is 86.8 Å². The second-order valence-corrected chi connectivity index (χ2v) is 8.12. The number of morpholine rings is 1. The first-order chi connectivity index (χ1) is 15.5. The zero-order valence-electron chi connectivity index (χ0n) is 18.1. The van der Waals surface area contributed by atoms with E-state index < -0.39 is 0 Å². The lowest BCUT2D eigenvalue weighted by molar-refractivity contribution is -0.117. The molecule has 3 aromatic rings. The molecule has 0 aliphatic carbocycles. The van der Waals surface area contributed by atoms with Crippen molar-refractivity contribution < 1.29 is 14.3 Å². The van der Waals surface area contributed by atoms with E-state index in [1.807, 2.05) is 43.1 Å². The highest BCUT2D eigenvalue weighted by Crippen LogP contribution is 2.34. The van der Waals surface area contributed by atoms with Gasteiger partial charge in [-0.25, -0.2) is 0 Å². The van der Waals surface area contributed by atoms with Crippen molar-refractivity contribution in [3.63, 3.8) is 0 Å². The Labute approximate surface area is 186 Å². The summed E-state index contributed by atoms with van der Waals surface area (Å²) in [5.41, 5.74) is 3.80. The normalized spacial score (nSPS) is 18.3. The predicted molar refractivity (Wildman–Crippen MR) is 126 cm³/mol. The van der Waals surface area contributed by atoms with E-state index in [4.69, 9.17) is 4.74 Å². The molecule has 0 saturated carbocycles. The van der Waals surface area contributed by atoms with Gasteiger partial charge in [0.15, 0.2) is 0 Å². The van der Waals surface area contributed by atoms with Gasteiger partial charge < -0.3 is 25.2 Å². The molecule has 0 radical (unpaired) electrons. The Morgan fingerprint density at radius 1 is 1.12 bits per heavy atom. The van der Waals surface area contributed by atoms with Gasteiger partial charge in [0.05, 0.1) is 30.3 Å². The van der Waals surface area contributed by atoms with Crippen molar-refractivity contribution in [3.8, 4) is 0 Å². The monoisotopic (exact) mass is 431 g/mol. The van der Waals surface area contributed by atoms with Gasteiger partial charge in [-0.05, 0) is 43.3 Å². The van der Waals surface area contributed by atoms with Gasteiger partial charge >= 0.3 is 0 Å². The van der Waals surface area contributed by atoms with E-state index in [0.717, 1.165) is 35.2 Å². The number of nitrogens with one attached hydrogen (secondary N) is 2. The van der Waals surface area contributed by atoms with Crippen LogP contribution in [0.25, 0.3) is 10.8 Å². The number of nitrogens with zero attached hydrogens (tertiary/aromatic N) is 3. The lowest BCUT2D eigenvalue weighted by atomic mass is 10.1. The molecule has 1 aromatic heterocycles. The van der Waals surface area contributed by atoms with Gasteiger partial charge in [-0.2, -0.15) is 0 Å². The fraction of sp³-hybridized carbons (Fsp3) is 0.292. The Balaban J connectivity index is 1.44. The second kappa shape index (κ2) is 8.12. The fourth-order valence-corrected chi connectivity index (χ4v) is 4.26. The van der Waals surface area contributed by atoms with Crippen molar-refractivity contribution in [2.75, 3.05) is 53.8 Å². The standard InChI is InChI=1S/C24H25N5O3/c1-15-23(30)27-20-13-16(3-5-22(20)28(15)2)24(31)26-19-4-6-21(29-9-11-32-12-10-29)17-7-8-25-14-18(17)19/h3-8,13-15H,9-12H2,1-2H3,(H,26,31)(H,27,30). The Morgan fingerprint density at radius 3 is 2.72 bits per heavy atom. The third kappa shape index (κ3) is 3.52. The third-order valence-electron chi connectivity index (χ3n) is 6.25. The minimum Gasteiger partial charge on any atom is -0.378 e. The Kier molecular flexibility index (Phi) is 5.14. The van der Waals surface area contributed by atoms with Crippen molar-refractivity contribution in [1.82, 2.24) is 4.98 Å². The van der Waals surface area contributed by atoms with Crippen LogP contribution in [-0.4, -0.2) is 56.2 Å². The number of hydrogen-bond donors (Lipinski definition) is 2. The Morgan fingerprint density at radius 2 is 1.91 bits per heavy atom. The summed E-state index contributed by atoms with van der Waals surface area (Å²) in [6, 6.07) is 11.0. The maximum absolute atomic E-state index is 13.1. The lowest BCUT2D eigenvalue weighted by Crippen LogP contribution is -2.43. The van der Waals surface area contributed by atoms with Crippen LogP contribution < -0.4 is 20.4 Å². The zero-order chi connectivity index (χ0) is 22.2. The number of ether oxygens (including phenoxy) is 1. The van der Waals surface area contributed by atoms with Crippen LogP contribution >= 0.6 is 0 Å². The molecule has 1 atom stereocenters. The van der Waals surface area contributed by atoms with Crippen molar-refractivity contribution in [3.05, 3.63) is 54.4 Å². The molecule has 2 aliphatic heterocycles. The highest BCUT2D eigenvalue weighted by Gasteiger charge is 2.27. The van der Waals surface area contributed by atoms with Gasteiger partial charge in [0.2, 0.25) is 5.91 Å². The molecular formula is C24H25N5O3. The lowest BCUT2D eigenvalue weighted by Gasteiger charge is -2.33. The van der Waals surface area contributed by atoms with Crippen LogP contribution in [0.15, 0.2) is 48.8 Å². The van der Waals surface area contributed by atoms with Crippen molar-refractivity contribution in [2.24, 2.45) is 0 Å². The van der Waals surface area contributed by atoms with Crippen LogP contribution in [0.1, 0.15) is 17.3 Å². The molecule has 8 heteroatoms. The van der Waals surface area contributed by atoms with E-state index >= 15 is 0 Å². The Bertz CT molecular complexity index is 1210. The zero-order valence-corrected chi connectivity index (χ0v) is 18.1. The first-order valence-electron chi connectivity index (χ1n) is 10.7. The first-order valence-corrected chi connectivity index (χ1v) is 10.7. The predicted octanol–water partition coefficient (Wildman–Crippen LogP) is 3.10. The minimum atomic E-state index is -0.258. The average Bonchev–Trinajstić information content (AvgIpc) is 2.83. The van der Waals surface area contributed by atoms with E-state index in [-0.39, 0.29) is 17.9 Å². The fourth-order valence-electron chi connectivity index (χ4n) is 4.26. The summed E-state index contributed by atoms with van der Waals surface area (Å²) in [5.74, 6) is -0.332. The van der Waals surface area contributed by atoms with E-state index in [2.05, 4.69) is 20.5 Å². The molecule has 8 nitrogen and oxygen atoms in total. The first kappa shape index (κ1) is 20.3. The quantitative estimate of drug-likeness (QED) is 0.663. The molecule has 164 valence electrons. The number of fused-ring (bicyclic) bond motifs is 2. The second-order valence-electron chi connectivity index (χ2n) is 8.12. The van der Waals surface area contributed by atoms with E-state index in [0.29, 0.717) is 30.2 Å². The van der Waals surface area contributed by atoms with Crippen LogP contribution in [-0.2, 0) is 9.53 Å². The SMILES string of the molecule is CC1C(=O)Nc2cc(C(=O)Nc3ccc(N4CCOCC4)c4ccncc34)ccc2N1C. The number of carbonyl (C=O) groups is 2. The van der Waals surface area contributed by atoms with Gasteiger partial charge in [-0.15, -0.1) is 0 Å². The third-order valence-corrected chi connectivity index (χ3v) is 6.25.